The maximum Gasteiger partial charge on any atom is 0.227 e. The van der Waals surface area contributed by atoms with Gasteiger partial charge in [0.1, 0.15) is 27.8 Å². The smallest absolute Gasteiger partial charge is 0.227 e. The van der Waals surface area contributed by atoms with E-state index in [1.807, 2.05) is 72.8 Å². The average molecular weight is 593 g/mol. The van der Waals surface area contributed by atoms with Gasteiger partial charge in [-0.3, -0.25) is 0 Å². The first kappa shape index (κ1) is 25.0. The van der Waals surface area contributed by atoms with Crippen molar-refractivity contribution in [1.82, 2.24) is 4.98 Å². The Morgan fingerprint density at radius 2 is 1.00 bits per heavy atom. The highest BCUT2D eigenvalue weighted by atomic mass is 16.3. The molecular weight excluding hydrogens is 568 g/mol. The highest BCUT2D eigenvalue weighted by Gasteiger charge is 2.19. The van der Waals surface area contributed by atoms with Crippen LogP contribution in [-0.4, -0.2) is 4.98 Å². The normalized spacial score (nSPS) is 11.9. The molecule has 216 valence electrons. The van der Waals surface area contributed by atoms with Gasteiger partial charge in [0.25, 0.3) is 0 Å². The van der Waals surface area contributed by atoms with Gasteiger partial charge in [0.05, 0.1) is 0 Å². The van der Waals surface area contributed by atoms with E-state index in [4.69, 9.17) is 18.2 Å². The number of hydrogen-bond donors (Lipinski definition) is 0. The topological polar surface area (TPSA) is 55.6 Å². The Morgan fingerprint density at radius 1 is 0.413 bits per heavy atom. The summed E-state index contributed by atoms with van der Waals surface area (Å²) in [4.78, 5) is 7.10. The van der Waals surface area contributed by atoms with Gasteiger partial charge in [-0.05, 0) is 78.2 Å². The van der Waals surface area contributed by atoms with E-state index in [-0.39, 0.29) is 0 Å². The molecule has 0 N–H and O–H groups in total. The average Bonchev–Trinajstić information content (AvgIpc) is 3.82. The molecule has 0 radical (unpaired) electrons. The Hall–Kier alpha value is -6.33. The first-order chi connectivity index (χ1) is 22.8. The molecule has 0 aliphatic heterocycles. The first-order valence-corrected chi connectivity index (χ1v) is 15.3. The van der Waals surface area contributed by atoms with E-state index in [0.717, 1.165) is 88.4 Å². The summed E-state index contributed by atoms with van der Waals surface area (Å²) in [6.07, 6.45) is 0. The van der Waals surface area contributed by atoms with Crippen LogP contribution in [0.1, 0.15) is 0 Å². The number of rotatable bonds is 4. The van der Waals surface area contributed by atoms with Crippen LogP contribution in [0, 0.1) is 0 Å². The molecular formula is C41H24N2O3. The third-order valence-corrected chi connectivity index (χ3v) is 8.87. The third kappa shape index (κ3) is 3.79. The van der Waals surface area contributed by atoms with E-state index < -0.39 is 0 Å². The second kappa shape index (κ2) is 9.58. The second-order valence-corrected chi connectivity index (χ2v) is 11.6. The van der Waals surface area contributed by atoms with Crippen LogP contribution in [0.2, 0.25) is 0 Å². The van der Waals surface area contributed by atoms with E-state index in [0.29, 0.717) is 5.89 Å². The van der Waals surface area contributed by atoms with E-state index in [2.05, 4.69) is 77.7 Å². The van der Waals surface area contributed by atoms with Crippen LogP contribution >= 0.6 is 0 Å². The molecule has 10 rings (SSSR count). The number of oxazole rings is 1. The predicted octanol–water partition coefficient (Wildman–Crippen LogP) is 11.9. The lowest BCUT2D eigenvalue weighted by molar-refractivity contribution is 0.623. The summed E-state index contributed by atoms with van der Waals surface area (Å²) in [5.74, 6) is 0.609. The zero-order valence-electron chi connectivity index (χ0n) is 24.5. The largest absolute Gasteiger partial charge is 0.456 e. The quantitative estimate of drug-likeness (QED) is 0.203. The summed E-state index contributed by atoms with van der Waals surface area (Å²) < 4.78 is 19.0. The van der Waals surface area contributed by atoms with Gasteiger partial charge in [0.15, 0.2) is 5.58 Å². The summed E-state index contributed by atoms with van der Waals surface area (Å²) >= 11 is 0. The minimum Gasteiger partial charge on any atom is -0.456 e. The van der Waals surface area contributed by atoms with Crippen LogP contribution in [0.3, 0.4) is 0 Å². The first-order valence-electron chi connectivity index (χ1n) is 15.3. The Balaban J connectivity index is 1.21. The molecule has 5 nitrogen and oxygen atoms in total. The minimum atomic E-state index is 0.609. The van der Waals surface area contributed by atoms with Gasteiger partial charge >= 0.3 is 0 Å². The molecule has 3 heterocycles. The molecule has 0 aliphatic rings. The number of benzene rings is 7. The Morgan fingerprint density at radius 3 is 1.83 bits per heavy atom. The fourth-order valence-corrected chi connectivity index (χ4v) is 6.69. The molecule has 0 spiro atoms. The van der Waals surface area contributed by atoms with Crippen LogP contribution in [0.5, 0.6) is 0 Å². The SMILES string of the molecule is c1ccc(-c2nc3ccc4ccc(N(c5ccc6c(c5)oc5ccccc56)c5ccc6oc7ccccc7c6c5)cc4c3o2)cc1. The lowest BCUT2D eigenvalue weighted by Crippen LogP contribution is -2.09. The van der Waals surface area contributed by atoms with Crippen molar-refractivity contribution in [2.45, 2.75) is 0 Å². The second-order valence-electron chi connectivity index (χ2n) is 11.6. The van der Waals surface area contributed by atoms with Gasteiger partial charge in [-0.15, -0.1) is 0 Å². The number of fused-ring (bicyclic) bond motifs is 9. The monoisotopic (exact) mass is 592 g/mol. The molecule has 0 unspecified atom stereocenters. The zero-order chi connectivity index (χ0) is 30.2. The maximum absolute atomic E-state index is 6.44. The summed E-state index contributed by atoms with van der Waals surface area (Å²) in [7, 11) is 0. The van der Waals surface area contributed by atoms with Crippen molar-refractivity contribution in [1.29, 1.82) is 0 Å². The molecule has 0 aliphatic carbocycles. The van der Waals surface area contributed by atoms with Gasteiger partial charge in [-0.2, -0.15) is 0 Å². The molecule has 5 heteroatoms. The van der Waals surface area contributed by atoms with Crippen LogP contribution < -0.4 is 4.90 Å². The highest BCUT2D eigenvalue weighted by Crippen LogP contribution is 2.42. The molecule has 0 atom stereocenters. The number of aromatic nitrogens is 1. The summed E-state index contributed by atoms with van der Waals surface area (Å²) in [5, 5.41) is 6.42. The molecule has 0 saturated heterocycles. The van der Waals surface area contributed by atoms with E-state index >= 15 is 0 Å². The molecule has 3 aromatic heterocycles. The van der Waals surface area contributed by atoms with Crippen molar-refractivity contribution < 1.29 is 13.3 Å². The van der Waals surface area contributed by atoms with Crippen LogP contribution in [0.15, 0.2) is 159 Å². The number of furan rings is 2. The minimum absolute atomic E-state index is 0.609. The van der Waals surface area contributed by atoms with Crippen LogP contribution in [0.25, 0.3) is 77.2 Å². The number of anilines is 3. The predicted molar refractivity (Wildman–Crippen MR) is 186 cm³/mol. The van der Waals surface area contributed by atoms with Crippen molar-refractivity contribution in [3.05, 3.63) is 146 Å². The Kier molecular flexibility index (Phi) is 5.22. The van der Waals surface area contributed by atoms with E-state index in [1.165, 1.54) is 0 Å². The van der Waals surface area contributed by atoms with Crippen molar-refractivity contribution in [3.8, 4) is 11.5 Å². The van der Waals surface area contributed by atoms with E-state index in [1.54, 1.807) is 0 Å². The highest BCUT2D eigenvalue weighted by molar-refractivity contribution is 6.09. The molecule has 10 aromatic rings. The number of para-hydroxylation sites is 2. The molecule has 7 aromatic carbocycles. The lowest BCUT2D eigenvalue weighted by Gasteiger charge is -2.26. The van der Waals surface area contributed by atoms with Gasteiger partial charge in [0.2, 0.25) is 5.89 Å². The van der Waals surface area contributed by atoms with Gasteiger partial charge < -0.3 is 18.2 Å². The molecule has 0 amide bonds. The fraction of sp³-hybridized carbons (Fsp3) is 0. The standard InChI is InChI=1S/C41H24N2O3/c1-2-8-26(9-3-1)41-42-35-20-15-25-14-16-27(22-33(25)40(35)46-41)43(28-18-21-38-34(23-28)31-11-5-7-13-37(31)44-38)29-17-19-32-30-10-4-6-12-36(30)45-39(32)24-29/h1-24H. The number of hydrogen-bond acceptors (Lipinski definition) is 5. The third-order valence-electron chi connectivity index (χ3n) is 8.87. The molecule has 46 heavy (non-hydrogen) atoms. The van der Waals surface area contributed by atoms with Gasteiger partial charge in [-0.25, -0.2) is 4.98 Å². The van der Waals surface area contributed by atoms with Crippen molar-refractivity contribution in [2.24, 2.45) is 0 Å². The number of nitrogens with zero attached hydrogens (tertiary/aromatic N) is 2. The summed E-state index contributed by atoms with van der Waals surface area (Å²) in [6, 6.07) is 49.8. The van der Waals surface area contributed by atoms with Gasteiger partial charge in [0, 0.05) is 55.6 Å². The molecule has 0 bridgehead atoms. The van der Waals surface area contributed by atoms with Crippen molar-refractivity contribution in [3.63, 3.8) is 0 Å². The Bertz CT molecular complexity index is 2770. The van der Waals surface area contributed by atoms with Crippen LogP contribution in [-0.2, 0) is 0 Å². The van der Waals surface area contributed by atoms with Crippen molar-refractivity contribution >= 4 is 82.8 Å². The zero-order valence-corrected chi connectivity index (χ0v) is 24.5. The fourth-order valence-electron chi connectivity index (χ4n) is 6.69. The van der Waals surface area contributed by atoms with Gasteiger partial charge in [-0.1, -0.05) is 66.7 Å². The maximum atomic E-state index is 6.44. The summed E-state index contributed by atoms with van der Waals surface area (Å²) in [5.41, 5.74) is 8.95. The summed E-state index contributed by atoms with van der Waals surface area (Å²) in [6.45, 7) is 0. The molecule has 0 fully saturated rings. The van der Waals surface area contributed by atoms with E-state index in [9.17, 15) is 0 Å². The van der Waals surface area contributed by atoms with Crippen molar-refractivity contribution in [2.75, 3.05) is 4.90 Å². The van der Waals surface area contributed by atoms with Crippen LogP contribution in [0.4, 0.5) is 17.1 Å². The molecule has 0 saturated carbocycles. The Labute approximate surface area is 262 Å². The lowest BCUT2D eigenvalue weighted by atomic mass is 10.1.